The average Bonchev–Trinajstić information content (AvgIpc) is 2.13. The molecular weight excluding hydrogens is 188 g/mol. The first kappa shape index (κ1) is 14.4. The minimum Gasteiger partial charge on any atom is -0.369 e. The van der Waals surface area contributed by atoms with Crippen LogP contribution in [0.1, 0.15) is 33.6 Å². The maximum absolute atomic E-state index is 11.1. The Labute approximate surface area is 94.2 Å². The van der Waals surface area contributed by atoms with Gasteiger partial charge in [-0.25, -0.2) is 0 Å². The molecule has 90 valence electrons. The van der Waals surface area contributed by atoms with Gasteiger partial charge in [-0.2, -0.15) is 0 Å². The number of hydrogen-bond acceptors (Lipinski definition) is 1. The zero-order chi connectivity index (χ0) is 12.1. The molecular formula is C12H27N2O+. The molecule has 2 unspecified atom stereocenters. The van der Waals surface area contributed by atoms with E-state index in [0.29, 0.717) is 5.92 Å². The highest BCUT2D eigenvalue weighted by molar-refractivity contribution is 5.76. The highest BCUT2D eigenvalue weighted by atomic mass is 16.1. The van der Waals surface area contributed by atoms with Crippen LogP contribution in [0.4, 0.5) is 0 Å². The highest BCUT2D eigenvalue weighted by Gasteiger charge is 2.22. The Morgan fingerprint density at radius 1 is 1.33 bits per heavy atom. The maximum Gasteiger partial charge on any atom is 0.220 e. The largest absolute Gasteiger partial charge is 0.369 e. The van der Waals surface area contributed by atoms with Crippen molar-refractivity contribution in [1.82, 2.24) is 0 Å². The van der Waals surface area contributed by atoms with Crippen molar-refractivity contribution < 1.29 is 9.28 Å². The van der Waals surface area contributed by atoms with E-state index in [1.165, 1.54) is 0 Å². The molecule has 0 fully saturated rings. The van der Waals surface area contributed by atoms with Crippen LogP contribution < -0.4 is 5.73 Å². The van der Waals surface area contributed by atoms with Crippen molar-refractivity contribution in [3.63, 3.8) is 0 Å². The van der Waals surface area contributed by atoms with Crippen LogP contribution in [0, 0.1) is 11.8 Å². The minimum absolute atomic E-state index is 0.0526. The van der Waals surface area contributed by atoms with Gasteiger partial charge in [0.2, 0.25) is 5.91 Å². The molecule has 0 saturated carbocycles. The number of primary amides is 1. The maximum atomic E-state index is 11.1. The van der Waals surface area contributed by atoms with Gasteiger partial charge in [-0.15, -0.1) is 0 Å². The number of carbonyl (C=O) groups is 1. The van der Waals surface area contributed by atoms with Crippen LogP contribution in [0.3, 0.4) is 0 Å². The van der Waals surface area contributed by atoms with Gasteiger partial charge in [0.1, 0.15) is 0 Å². The molecule has 2 atom stereocenters. The summed E-state index contributed by atoms with van der Waals surface area (Å²) in [7, 11) is 4.45. The fourth-order valence-electron chi connectivity index (χ4n) is 2.02. The van der Waals surface area contributed by atoms with Gasteiger partial charge in [-0.3, -0.25) is 4.79 Å². The van der Waals surface area contributed by atoms with E-state index in [1.807, 2.05) is 6.92 Å². The van der Waals surface area contributed by atoms with E-state index in [1.54, 1.807) is 0 Å². The lowest BCUT2D eigenvalue weighted by atomic mass is 9.92. The van der Waals surface area contributed by atoms with E-state index in [9.17, 15) is 4.79 Å². The monoisotopic (exact) mass is 215 g/mol. The Balaban J connectivity index is 4.12. The third kappa shape index (κ3) is 5.78. The van der Waals surface area contributed by atoms with Gasteiger partial charge in [-0.1, -0.05) is 13.8 Å². The number of rotatable bonds is 7. The van der Waals surface area contributed by atoms with Gasteiger partial charge in [0.15, 0.2) is 0 Å². The van der Waals surface area contributed by atoms with Crippen LogP contribution in [-0.2, 0) is 4.79 Å². The van der Waals surface area contributed by atoms with Crippen LogP contribution in [-0.4, -0.2) is 37.6 Å². The smallest absolute Gasteiger partial charge is 0.220 e. The van der Waals surface area contributed by atoms with Gasteiger partial charge < -0.3 is 10.2 Å². The Morgan fingerprint density at radius 3 is 2.20 bits per heavy atom. The topological polar surface area (TPSA) is 43.1 Å². The third-order valence-electron chi connectivity index (χ3n) is 3.24. The quantitative estimate of drug-likeness (QED) is 0.644. The molecule has 0 rings (SSSR count). The van der Waals surface area contributed by atoms with Gasteiger partial charge in [0.05, 0.1) is 27.2 Å². The van der Waals surface area contributed by atoms with Crippen molar-refractivity contribution in [2.45, 2.75) is 33.6 Å². The normalized spacial score (nSPS) is 16.1. The molecule has 0 heterocycles. The SMILES string of the molecule is CCC(CC(C)C[N+](C)(C)CC)C(N)=O. The first-order chi connectivity index (χ1) is 6.82. The Kier molecular flexibility index (Phi) is 5.88. The minimum atomic E-state index is -0.147. The molecule has 0 aromatic carbocycles. The summed E-state index contributed by atoms with van der Waals surface area (Å²) >= 11 is 0. The zero-order valence-electron chi connectivity index (χ0n) is 10.9. The molecule has 0 aliphatic carbocycles. The molecule has 3 heteroatoms. The lowest BCUT2D eigenvalue weighted by molar-refractivity contribution is -0.891. The molecule has 0 aliphatic rings. The van der Waals surface area contributed by atoms with Crippen LogP contribution >= 0.6 is 0 Å². The molecule has 0 aliphatic heterocycles. The van der Waals surface area contributed by atoms with Crippen molar-refractivity contribution >= 4 is 5.91 Å². The van der Waals surface area contributed by atoms with E-state index in [-0.39, 0.29) is 11.8 Å². The average molecular weight is 215 g/mol. The number of carbonyl (C=O) groups excluding carboxylic acids is 1. The highest BCUT2D eigenvalue weighted by Crippen LogP contribution is 2.17. The van der Waals surface area contributed by atoms with E-state index in [4.69, 9.17) is 5.73 Å². The van der Waals surface area contributed by atoms with E-state index in [0.717, 1.165) is 30.4 Å². The fraction of sp³-hybridized carbons (Fsp3) is 0.917. The standard InChI is InChI=1S/C12H26N2O/c1-6-11(12(13)15)8-10(3)9-14(4,5)7-2/h10-11H,6-9H2,1-5H3,(H-,13,15)/p+1. The van der Waals surface area contributed by atoms with E-state index >= 15 is 0 Å². The molecule has 0 aromatic heterocycles. The van der Waals surface area contributed by atoms with Crippen LogP contribution in [0.2, 0.25) is 0 Å². The summed E-state index contributed by atoms with van der Waals surface area (Å²) in [6, 6.07) is 0. The van der Waals surface area contributed by atoms with Crippen molar-refractivity contribution in [1.29, 1.82) is 0 Å². The number of nitrogens with two attached hydrogens (primary N) is 1. The van der Waals surface area contributed by atoms with Crippen molar-refractivity contribution in [3.8, 4) is 0 Å². The van der Waals surface area contributed by atoms with Gasteiger partial charge in [0, 0.05) is 11.8 Å². The number of quaternary nitrogens is 1. The Bertz CT molecular complexity index is 202. The number of hydrogen-bond donors (Lipinski definition) is 1. The van der Waals surface area contributed by atoms with E-state index < -0.39 is 0 Å². The molecule has 0 bridgehead atoms. The van der Waals surface area contributed by atoms with Crippen molar-refractivity contribution in [2.75, 3.05) is 27.2 Å². The second-order valence-electron chi connectivity index (χ2n) is 5.28. The molecule has 0 aromatic rings. The van der Waals surface area contributed by atoms with Crippen LogP contribution in [0.5, 0.6) is 0 Å². The molecule has 0 saturated heterocycles. The van der Waals surface area contributed by atoms with Crippen LogP contribution in [0.15, 0.2) is 0 Å². The molecule has 2 N–H and O–H groups in total. The molecule has 0 radical (unpaired) electrons. The van der Waals surface area contributed by atoms with Crippen LogP contribution in [0.25, 0.3) is 0 Å². The Morgan fingerprint density at radius 2 is 1.87 bits per heavy atom. The Hall–Kier alpha value is -0.570. The molecule has 15 heavy (non-hydrogen) atoms. The summed E-state index contributed by atoms with van der Waals surface area (Å²) in [5.74, 6) is 0.459. The number of amides is 1. The first-order valence-electron chi connectivity index (χ1n) is 5.93. The predicted molar refractivity (Wildman–Crippen MR) is 64.3 cm³/mol. The first-order valence-corrected chi connectivity index (χ1v) is 5.93. The van der Waals surface area contributed by atoms with Crippen molar-refractivity contribution in [2.24, 2.45) is 17.6 Å². The van der Waals surface area contributed by atoms with Gasteiger partial charge in [-0.05, 0) is 19.8 Å². The summed E-state index contributed by atoms with van der Waals surface area (Å²) in [4.78, 5) is 11.1. The second kappa shape index (κ2) is 6.11. The predicted octanol–water partition coefficient (Wildman–Crippen LogP) is 1.62. The number of nitrogens with zero attached hydrogens (tertiary/aromatic N) is 1. The summed E-state index contributed by atoms with van der Waals surface area (Å²) in [5.41, 5.74) is 5.35. The van der Waals surface area contributed by atoms with Gasteiger partial charge in [0.25, 0.3) is 0 Å². The van der Waals surface area contributed by atoms with Crippen molar-refractivity contribution in [3.05, 3.63) is 0 Å². The lowest BCUT2D eigenvalue weighted by Crippen LogP contribution is -2.43. The summed E-state index contributed by atoms with van der Waals surface area (Å²) in [6.07, 6.45) is 1.78. The second-order valence-corrected chi connectivity index (χ2v) is 5.28. The summed E-state index contributed by atoms with van der Waals surface area (Å²) in [5, 5.41) is 0. The molecule has 3 nitrogen and oxygen atoms in total. The summed E-state index contributed by atoms with van der Waals surface area (Å²) in [6.45, 7) is 8.67. The fourth-order valence-corrected chi connectivity index (χ4v) is 2.02. The third-order valence-corrected chi connectivity index (χ3v) is 3.24. The molecule has 0 spiro atoms. The zero-order valence-corrected chi connectivity index (χ0v) is 10.9. The summed E-state index contributed by atoms with van der Waals surface area (Å²) < 4.78 is 1.01. The van der Waals surface area contributed by atoms with E-state index in [2.05, 4.69) is 27.9 Å². The van der Waals surface area contributed by atoms with Gasteiger partial charge >= 0.3 is 0 Å². The lowest BCUT2D eigenvalue weighted by Gasteiger charge is -2.32. The molecule has 1 amide bonds.